The number of amides is 1. The second-order valence-corrected chi connectivity index (χ2v) is 5.59. The number of esters is 1. The van der Waals surface area contributed by atoms with Crippen molar-refractivity contribution >= 4 is 12.4 Å². The highest BCUT2D eigenvalue weighted by Gasteiger charge is 2.28. The summed E-state index contributed by atoms with van der Waals surface area (Å²) in [5.74, 6) is -0.487. The number of carbonyl (C=O) groups excluding carboxylic acids is 2. The van der Waals surface area contributed by atoms with Crippen molar-refractivity contribution in [1.82, 2.24) is 10.6 Å². The van der Waals surface area contributed by atoms with E-state index < -0.39 is 23.8 Å². The molecule has 3 N–H and O–H groups in total. The van der Waals surface area contributed by atoms with E-state index in [0.717, 1.165) is 0 Å². The molecule has 21 heavy (non-hydrogen) atoms. The minimum Gasteiger partial charge on any atom is -0.459 e. The van der Waals surface area contributed by atoms with Gasteiger partial charge in [-0.05, 0) is 26.3 Å². The van der Waals surface area contributed by atoms with Gasteiger partial charge in [-0.25, -0.2) is 4.79 Å². The van der Waals surface area contributed by atoms with Gasteiger partial charge in [-0.1, -0.05) is 30.3 Å². The Labute approximate surface area is 124 Å². The van der Waals surface area contributed by atoms with Gasteiger partial charge in [0, 0.05) is 0 Å². The van der Waals surface area contributed by atoms with E-state index in [4.69, 9.17) is 4.74 Å². The molecule has 0 saturated carbocycles. The van der Waals surface area contributed by atoms with Gasteiger partial charge < -0.3 is 15.2 Å². The van der Waals surface area contributed by atoms with Gasteiger partial charge in [0.05, 0.1) is 6.54 Å². The molecule has 0 bridgehead atoms. The van der Waals surface area contributed by atoms with E-state index in [1.54, 1.807) is 45.0 Å². The van der Waals surface area contributed by atoms with Crippen LogP contribution in [0.4, 0.5) is 0 Å². The number of benzene rings is 1. The highest BCUT2D eigenvalue weighted by Crippen LogP contribution is 2.18. The molecule has 2 unspecified atom stereocenters. The Morgan fingerprint density at radius 1 is 1.33 bits per heavy atom. The highest BCUT2D eigenvalue weighted by atomic mass is 16.6. The molecule has 0 aromatic heterocycles. The SMILES string of the molecule is CC(C)(C)OC(=O)C(NC(O)CNC=O)c1ccccc1. The molecule has 0 heterocycles. The lowest BCUT2D eigenvalue weighted by molar-refractivity contribution is -0.158. The average Bonchev–Trinajstić information content (AvgIpc) is 2.41. The number of ether oxygens (including phenoxy) is 1. The highest BCUT2D eigenvalue weighted by molar-refractivity contribution is 5.78. The fourth-order valence-corrected chi connectivity index (χ4v) is 1.72. The summed E-state index contributed by atoms with van der Waals surface area (Å²) in [6.45, 7) is 5.32. The fourth-order valence-electron chi connectivity index (χ4n) is 1.72. The smallest absolute Gasteiger partial charge is 0.328 e. The molecule has 2 atom stereocenters. The summed E-state index contributed by atoms with van der Waals surface area (Å²) < 4.78 is 5.36. The van der Waals surface area contributed by atoms with Crippen LogP contribution in [0, 0.1) is 0 Å². The molecule has 0 radical (unpaired) electrons. The Morgan fingerprint density at radius 2 is 1.95 bits per heavy atom. The standard InChI is InChI=1S/C15H22N2O4/c1-15(2,3)21-14(20)13(11-7-5-4-6-8-11)17-12(19)9-16-10-18/h4-8,10,12-13,17,19H,9H2,1-3H3,(H,16,18). The van der Waals surface area contributed by atoms with Crippen LogP contribution in [0.25, 0.3) is 0 Å². The van der Waals surface area contributed by atoms with Crippen LogP contribution in [0.15, 0.2) is 30.3 Å². The molecule has 0 spiro atoms. The molecule has 116 valence electrons. The average molecular weight is 294 g/mol. The third-order valence-corrected chi connectivity index (χ3v) is 2.53. The number of aliphatic hydroxyl groups is 1. The molecule has 0 fully saturated rings. The second kappa shape index (κ2) is 7.75. The predicted octanol–water partition coefficient (Wildman–Crippen LogP) is 0.723. The maximum Gasteiger partial charge on any atom is 0.328 e. The number of hydrogen-bond donors (Lipinski definition) is 3. The molecule has 1 aromatic rings. The fraction of sp³-hybridized carbons (Fsp3) is 0.467. The first-order valence-corrected chi connectivity index (χ1v) is 6.72. The van der Waals surface area contributed by atoms with Crippen LogP contribution < -0.4 is 10.6 Å². The lowest BCUT2D eigenvalue weighted by Gasteiger charge is -2.26. The lowest BCUT2D eigenvalue weighted by atomic mass is 10.1. The summed E-state index contributed by atoms with van der Waals surface area (Å²) in [7, 11) is 0. The third kappa shape index (κ3) is 6.37. The van der Waals surface area contributed by atoms with Crippen LogP contribution in [0.3, 0.4) is 0 Å². The van der Waals surface area contributed by atoms with Crippen molar-refractivity contribution in [2.45, 2.75) is 38.6 Å². The molecular formula is C15H22N2O4. The lowest BCUT2D eigenvalue weighted by Crippen LogP contribution is -2.44. The van der Waals surface area contributed by atoms with Gasteiger partial charge in [-0.15, -0.1) is 0 Å². The quantitative estimate of drug-likeness (QED) is 0.392. The minimum absolute atomic E-state index is 0.00433. The molecule has 1 rings (SSSR count). The summed E-state index contributed by atoms with van der Waals surface area (Å²) in [6.07, 6.45) is -0.580. The zero-order valence-corrected chi connectivity index (χ0v) is 12.5. The van der Waals surface area contributed by atoms with Crippen molar-refractivity contribution in [3.63, 3.8) is 0 Å². The Balaban J connectivity index is 2.85. The molecule has 1 aromatic carbocycles. The number of aliphatic hydroxyl groups excluding tert-OH is 1. The van der Waals surface area contributed by atoms with Crippen LogP contribution in [0.5, 0.6) is 0 Å². The van der Waals surface area contributed by atoms with Crippen molar-refractivity contribution in [1.29, 1.82) is 0 Å². The normalized spacial score (nSPS) is 14.1. The summed E-state index contributed by atoms with van der Waals surface area (Å²) in [4.78, 5) is 22.5. The topological polar surface area (TPSA) is 87.7 Å². The van der Waals surface area contributed by atoms with Crippen molar-refractivity contribution in [2.75, 3.05) is 6.54 Å². The van der Waals surface area contributed by atoms with Crippen LogP contribution in [0.2, 0.25) is 0 Å². The second-order valence-electron chi connectivity index (χ2n) is 5.59. The summed E-state index contributed by atoms with van der Waals surface area (Å²) in [5.41, 5.74) is 0.0505. The predicted molar refractivity (Wildman–Crippen MR) is 78.2 cm³/mol. The Bertz CT molecular complexity index is 456. The first-order chi connectivity index (χ1) is 9.83. The largest absolute Gasteiger partial charge is 0.459 e. The Kier molecular flexibility index (Phi) is 6.33. The van der Waals surface area contributed by atoms with Crippen LogP contribution in [-0.2, 0) is 14.3 Å². The number of carbonyl (C=O) groups is 2. The van der Waals surface area contributed by atoms with Gasteiger partial charge in [0.25, 0.3) is 0 Å². The Morgan fingerprint density at radius 3 is 2.48 bits per heavy atom. The van der Waals surface area contributed by atoms with Crippen LogP contribution in [0.1, 0.15) is 32.4 Å². The summed E-state index contributed by atoms with van der Waals surface area (Å²) >= 11 is 0. The van der Waals surface area contributed by atoms with E-state index in [9.17, 15) is 14.7 Å². The van der Waals surface area contributed by atoms with E-state index in [2.05, 4.69) is 10.6 Å². The van der Waals surface area contributed by atoms with Gasteiger partial charge in [0.15, 0.2) is 0 Å². The van der Waals surface area contributed by atoms with Crippen molar-refractivity contribution in [2.24, 2.45) is 0 Å². The minimum atomic E-state index is -1.06. The zero-order valence-electron chi connectivity index (χ0n) is 12.5. The first-order valence-electron chi connectivity index (χ1n) is 6.72. The maximum atomic E-state index is 12.3. The van der Waals surface area contributed by atoms with E-state index in [1.165, 1.54) is 0 Å². The van der Waals surface area contributed by atoms with Crippen LogP contribution >= 0.6 is 0 Å². The summed E-state index contributed by atoms with van der Waals surface area (Å²) in [6, 6.07) is 8.14. The molecular weight excluding hydrogens is 272 g/mol. The van der Waals surface area contributed by atoms with Gasteiger partial charge in [-0.3, -0.25) is 10.1 Å². The summed E-state index contributed by atoms with van der Waals surface area (Å²) in [5, 5.41) is 14.9. The van der Waals surface area contributed by atoms with Gasteiger partial charge in [0.1, 0.15) is 17.9 Å². The molecule has 0 aliphatic carbocycles. The third-order valence-electron chi connectivity index (χ3n) is 2.53. The van der Waals surface area contributed by atoms with E-state index in [1.807, 2.05) is 6.07 Å². The van der Waals surface area contributed by atoms with Gasteiger partial charge in [-0.2, -0.15) is 0 Å². The molecule has 0 aliphatic rings. The van der Waals surface area contributed by atoms with Crippen LogP contribution in [-0.4, -0.2) is 35.9 Å². The van der Waals surface area contributed by atoms with Gasteiger partial charge >= 0.3 is 5.97 Å². The first kappa shape index (κ1) is 17.1. The maximum absolute atomic E-state index is 12.3. The zero-order chi connectivity index (χ0) is 15.9. The molecule has 0 saturated heterocycles. The molecule has 6 heteroatoms. The Hall–Kier alpha value is -1.92. The molecule has 6 nitrogen and oxygen atoms in total. The molecule has 1 amide bonds. The van der Waals surface area contributed by atoms with Crippen molar-refractivity contribution in [3.05, 3.63) is 35.9 Å². The number of rotatable bonds is 7. The van der Waals surface area contributed by atoms with E-state index >= 15 is 0 Å². The van der Waals surface area contributed by atoms with E-state index in [0.29, 0.717) is 12.0 Å². The monoisotopic (exact) mass is 294 g/mol. The molecule has 0 aliphatic heterocycles. The number of hydrogen-bond acceptors (Lipinski definition) is 5. The van der Waals surface area contributed by atoms with Crippen molar-refractivity contribution in [3.8, 4) is 0 Å². The van der Waals surface area contributed by atoms with E-state index in [-0.39, 0.29) is 6.54 Å². The number of nitrogens with one attached hydrogen (secondary N) is 2. The van der Waals surface area contributed by atoms with Gasteiger partial charge in [0.2, 0.25) is 6.41 Å². The van der Waals surface area contributed by atoms with Crippen molar-refractivity contribution < 1.29 is 19.4 Å².